The lowest BCUT2D eigenvalue weighted by molar-refractivity contribution is -0.698. The summed E-state index contributed by atoms with van der Waals surface area (Å²) in [5, 5.41) is 0. The fraction of sp³-hybridized carbons (Fsp3) is 0.821. The molecule has 0 aliphatic carbocycles. The first kappa shape index (κ1) is 26.2. The van der Waals surface area contributed by atoms with Crippen LogP contribution >= 0.6 is 0 Å². The predicted octanol–water partition coefficient (Wildman–Crippen LogP) is 8.75. The van der Waals surface area contributed by atoms with Crippen LogP contribution in [0.5, 0.6) is 0 Å². The number of nitrogens with zero attached hydrogens (tertiary/aromatic N) is 1. The highest BCUT2D eigenvalue weighted by atomic mass is 14.9. The van der Waals surface area contributed by atoms with Gasteiger partial charge in [-0.3, -0.25) is 0 Å². The molecule has 1 heterocycles. The summed E-state index contributed by atoms with van der Waals surface area (Å²) in [6.45, 7) is 8.11. The number of aryl methyl sites for hydroxylation is 3. The summed E-state index contributed by atoms with van der Waals surface area (Å²) >= 11 is 0. The van der Waals surface area contributed by atoms with Gasteiger partial charge in [0.1, 0.15) is 6.54 Å². The van der Waals surface area contributed by atoms with Crippen LogP contribution in [0.1, 0.15) is 141 Å². The van der Waals surface area contributed by atoms with Gasteiger partial charge in [0.15, 0.2) is 12.4 Å². The Bertz CT molecular complexity index is 449. The summed E-state index contributed by atoms with van der Waals surface area (Å²) in [4.78, 5) is 0. The summed E-state index contributed by atoms with van der Waals surface area (Å²) in [6, 6.07) is 2.50. The van der Waals surface area contributed by atoms with Crippen LogP contribution < -0.4 is 4.57 Å². The maximum Gasteiger partial charge on any atom is 0.171 e. The van der Waals surface area contributed by atoms with Gasteiger partial charge in [-0.25, -0.2) is 4.57 Å². The molecule has 0 aliphatic rings. The summed E-state index contributed by atoms with van der Waals surface area (Å²) in [7, 11) is 0. The van der Waals surface area contributed by atoms with Crippen LogP contribution in [0.3, 0.4) is 0 Å². The highest BCUT2D eigenvalue weighted by Crippen LogP contribution is 2.13. The largest absolute Gasteiger partial charge is 0.205 e. The smallest absolute Gasteiger partial charge is 0.171 e. The Balaban J connectivity index is 2.40. The third-order valence-electron chi connectivity index (χ3n) is 6.19. The number of pyridine rings is 1. The van der Waals surface area contributed by atoms with Crippen molar-refractivity contribution in [1.82, 2.24) is 0 Å². The van der Waals surface area contributed by atoms with E-state index in [1.807, 2.05) is 0 Å². The number of aromatic nitrogens is 1. The van der Waals surface area contributed by atoms with E-state index in [4.69, 9.17) is 0 Å². The van der Waals surface area contributed by atoms with Gasteiger partial charge in [0, 0.05) is 17.5 Å². The molecule has 29 heavy (non-hydrogen) atoms. The maximum absolute atomic E-state index is 2.52. The first-order chi connectivity index (χ1) is 14.3. The number of unbranched alkanes of at least 4 members (excludes halogenated alkanes) is 14. The fourth-order valence-corrected chi connectivity index (χ4v) is 4.30. The summed E-state index contributed by atoms with van der Waals surface area (Å²) in [6.07, 6.45) is 31.0. The molecule has 0 aromatic carbocycles. The Hall–Kier alpha value is -0.850. The maximum atomic E-state index is 2.52. The van der Waals surface area contributed by atoms with Gasteiger partial charge in [0.05, 0.1) is 0 Å². The van der Waals surface area contributed by atoms with Crippen LogP contribution in [0, 0.1) is 0 Å². The average molecular weight is 403 g/mol. The molecule has 0 unspecified atom stereocenters. The number of hydrogen-bond acceptors (Lipinski definition) is 0. The highest BCUT2D eigenvalue weighted by Gasteiger charge is 2.08. The summed E-state index contributed by atoms with van der Waals surface area (Å²) < 4.78 is 2.52. The van der Waals surface area contributed by atoms with Crippen molar-refractivity contribution in [3.63, 3.8) is 0 Å². The van der Waals surface area contributed by atoms with Gasteiger partial charge in [-0.15, -0.1) is 0 Å². The van der Waals surface area contributed by atoms with Gasteiger partial charge in [-0.2, -0.15) is 0 Å². The zero-order valence-corrected chi connectivity index (χ0v) is 20.3. The minimum absolute atomic E-state index is 1.21. The lowest BCUT2D eigenvalue weighted by Gasteiger charge is -2.07. The SMILES string of the molecule is CCCCCCCCCCC[n+]1cc(CCCCCC)cc(CCCCCC)c1. The molecule has 0 radical (unpaired) electrons. The van der Waals surface area contributed by atoms with Crippen molar-refractivity contribution < 1.29 is 4.57 Å². The van der Waals surface area contributed by atoms with E-state index < -0.39 is 0 Å². The van der Waals surface area contributed by atoms with Crippen LogP contribution in [0.2, 0.25) is 0 Å². The normalized spacial score (nSPS) is 11.3. The quantitative estimate of drug-likeness (QED) is 0.151. The Labute approximate surface area is 183 Å². The molecule has 0 atom stereocenters. The lowest BCUT2D eigenvalue weighted by atomic mass is 10.0. The molecule has 0 N–H and O–H groups in total. The molecule has 0 aliphatic heterocycles. The van der Waals surface area contributed by atoms with Gasteiger partial charge in [-0.1, -0.05) is 104 Å². The molecule has 0 saturated carbocycles. The third-order valence-corrected chi connectivity index (χ3v) is 6.19. The van der Waals surface area contributed by atoms with Gasteiger partial charge < -0.3 is 0 Å². The molecular weight excluding hydrogens is 350 g/mol. The lowest BCUT2D eigenvalue weighted by Crippen LogP contribution is -2.34. The molecule has 1 heteroatoms. The van der Waals surface area contributed by atoms with Crippen molar-refractivity contribution >= 4 is 0 Å². The third kappa shape index (κ3) is 14.7. The monoisotopic (exact) mass is 402 g/mol. The molecule has 168 valence electrons. The molecule has 0 saturated heterocycles. The van der Waals surface area contributed by atoms with E-state index in [9.17, 15) is 0 Å². The fourth-order valence-electron chi connectivity index (χ4n) is 4.30. The van der Waals surface area contributed by atoms with Crippen molar-refractivity contribution in [3.05, 3.63) is 29.6 Å². The zero-order chi connectivity index (χ0) is 21.0. The first-order valence-electron chi connectivity index (χ1n) is 13.3. The number of rotatable bonds is 20. The van der Waals surface area contributed by atoms with Crippen LogP contribution in [0.4, 0.5) is 0 Å². The van der Waals surface area contributed by atoms with Crippen molar-refractivity contribution in [2.24, 2.45) is 0 Å². The topological polar surface area (TPSA) is 3.88 Å². The van der Waals surface area contributed by atoms with E-state index in [-0.39, 0.29) is 0 Å². The van der Waals surface area contributed by atoms with E-state index in [0.29, 0.717) is 0 Å². The Morgan fingerprint density at radius 2 is 0.862 bits per heavy atom. The number of hydrogen-bond donors (Lipinski definition) is 0. The van der Waals surface area contributed by atoms with E-state index >= 15 is 0 Å². The first-order valence-corrected chi connectivity index (χ1v) is 13.3. The Morgan fingerprint density at radius 3 is 1.31 bits per heavy atom. The molecule has 1 aromatic heterocycles. The van der Waals surface area contributed by atoms with Gasteiger partial charge >= 0.3 is 0 Å². The van der Waals surface area contributed by atoms with E-state index in [1.165, 1.54) is 129 Å². The Kier molecular flexibility index (Phi) is 17.3. The molecule has 0 bridgehead atoms. The molecule has 0 spiro atoms. The minimum Gasteiger partial charge on any atom is -0.205 e. The Morgan fingerprint density at radius 1 is 0.483 bits per heavy atom. The minimum atomic E-state index is 1.21. The molecule has 1 nitrogen and oxygen atoms in total. The summed E-state index contributed by atoms with van der Waals surface area (Å²) in [5.74, 6) is 0. The average Bonchev–Trinajstić information content (AvgIpc) is 2.73. The van der Waals surface area contributed by atoms with Gasteiger partial charge in [0.2, 0.25) is 0 Å². The van der Waals surface area contributed by atoms with Crippen LogP contribution in [0.25, 0.3) is 0 Å². The van der Waals surface area contributed by atoms with Gasteiger partial charge in [-0.05, 0) is 38.2 Å². The molecular formula is C28H52N+. The van der Waals surface area contributed by atoms with Crippen molar-refractivity contribution in [3.8, 4) is 0 Å². The molecule has 0 fully saturated rings. The summed E-state index contributed by atoms with van der Waals surface area (Å²) in [5.41, 5.74) is 3.15. The highest BCUT2D eigenvalue weighted by molar-refractivity contribution is 5.15. The molecule has 1 rings (SSSR count). The zero-order valence-electron chi connectivity index (χ0n) is 20.3. The predicted molar refractivity (Wildman–Crippen MR) is 130 cm³/mol. The van der Waals surface area contributed by atoms with Crippen LogP contribution in [-0.4, -0.2) is 0 Å². The standard InChI is InChI=1S/C28H52N/c1-4-7-10-13-14-15-16-17-20-23-29-25-27(21-18-11-8-5-2)24-28(26-29)22-19-12-9-6-3/h24-26H,4-23H2,1-3H3/q+1. The van der Waals surface area contributed by atoms with Crippen molar-refractivity contribution in [2.45, 2.75) is 149 Å². The van der Waals surface area contributed by atoms with E-state index in [0.717, 1.165) is 0 Å². The second kappa shape index (κ2) is 19.1. The molecule has 1 aromatic rings. The van der Waals surface area contributed by atoms with E-state index in [2.05, 4.69) is 43.8 Å². The molecule has 0 amide bonds. The van der Waals surface area contributed by atoms with Crippen molar-refractivity contribution in [1.29, 1.82) is 0 Å². The second-order valence-electron chi connectivity index (χ2n) is 9.24. The van der Waals surface area contributed by atoms with E-state index in [1.54, 1.807) is 11.1 Å². The van der Waals surface area contributed by atoms with Crippen LogP contribution in [-0.2, 0) is 19.4 Å². The second-order valence-corrected chi connectivity index (χ2v) is 9.24. The van der Waals surface area contributed by atoms with Crippen LogP contribution in [0.15, 0.2) is 18.5 Å². The van der Waals surface area contributed by atoms with Gasteiger partial charge in [0.25, 0.3) is 0 Å². The van der Waals surface area contributed by atoms with Crippen molar-refractivity contribution in [2.75, 3.05) is 0 Å².